The van der Waals surface area contributed by atoms with Crippen molar-refractivity contribution in [3.05, 3.63) is 83.4 Å². The highest BCUT2D eigenvalue weighted by Crippen LogP contribution is 2.35. The molecule has 300 valence electrons. The van der Waals surface area contributed by atoms with Crippen LogP contribution in [0.3, 0.4) is 0 Å². The van der Waals surface area contributed by atoms with Crippen molar-refractivity contribution in [3.8, 4) is 23.0 Å². The van der Waals surface area contributed by atoms with E-state index >= 15 is 0 Å². The Bertz CT molecular complexity index is 1820. The quantitative estimate of drug-likeness (QED) is 0.263. The van der Waals surface area contributed by atoms with Crippen molar-refractivity contribution in [2.75, 3.05) is 53.5 Å². The summed E-state index contributed by atoms with van der Waals surface area (Å²) in [5, 5.41) is 11.4. The van der Waals surface area contributed by atoms with Crippen molar-refractivity contribution in [1.82, 2.24) is 31.1 Å². The van der Waals surface area contributed by atoms with Crippen LogP contribution in [0.25, 0.3) is 0 Å². The minimum atomic E-state index is -0.967. The third-order valence-electron chi connectivity index (χ3n) is 9.97. The van der Waals surface area contributed by atoms with Crippen molar-refractivity contribution >= 4 is 29.5 Å². The van der Waals surface area contributed by atoms with Gasteiger partial charge >= 0.3 is 0 Å². The summed E-state index contributed by atoms with van der Waals surface area (Å²) in [7, 11) is 3.01. The summed E-state index contributed by atoms with van der Waals surface area (Å²) in [6.07, 6.45) is 5.02. The van der Waals surface area contributed by atoms with E-state index in [-0.39, 0.29) is 44.4 Å². The predicted octanol–water partition coefficient (Wildman–Crippen LogP) is 3.57. The van der Waals surface area contributed by atoms with E-state index in [1.54, 1.807) is 43.3 Å². The predicted molar refractivity (Wildman–Crippen MR) is 211 cm³/mol. The highest BCUT2D eigenvalue weighted by molar-refractivity contribution is 5.95. The molecular weight excluding hydrogens is 716 g/mol. The van der Waals surface area contributed by atoms with Crippen LogP contribution in [0.1, 0.15) is 66.9 Å². The highest BCUT2D eigenvalue weighted by atomic mass is 16.5. The zero-order valence-electron chi connectivity index (χ0n) is 32.6. The molecule has 6 rings (SSSR count). The molecule has 0 radical (unpaired) electrons. The van der Waals surface area contributed by atoms with Crippen molar-refractivity contribution in [3.63, 3.8) is 0 Å². The summed E-state index contributed by atoms with van der Waals surface area (Å²) < 4.78 is 17.2. The molecule has 3 aromatic rings. The molecule has 14 nitrogen and oxygen atoms in total. The van der Waals surface area contributed by atoms with Gasteiger partial charge in [0.15, 0.2) is 11.5 Å². The monoisotopic (exact) mass is 770 g/mol. The van der Waals surface area contributed by atoms with E-state index in [4.69, 9.17) is 14.2 Å². The number of methoxy groups -OCH3 is 2. The van der Waals surface area contributed by atoms with Gasteiger partial charge in [0, 0.05) is 36.8 Å². The van der Waals surface area contributed by atoms with Gasteiger partial charge in [0.1, 0.15) is 23.6 Å². The Balaban J connectivity index is 1.38. The molecule has 1 saturated heterocycles. The second kappa shape index (κ2) is 20.9. The number of ether oxygens (including phenoxy) is 3. The molecule has 0 saturated carbocycles. The van der Waals surface area contributed by atoms with Gasteiger partial charge in [-0.1, -0.05) is 36.8 Å². The summed E-state index contributed by atoms with van der Waals surface area (Å²) in [5.74, 6) is -0.293. The number of carbonyl (C=O) groups excluding carboxylic acids is 5. The maximum Gasteiger partial charge on any atom is 0.251 e. The van der Waals surface area contributed by atoms with E-state index in [1.165, 1.54) is 19.1 Å². The fourth-order valence-electron chi connectivity index (χ4n) is 6.74. The number of piperidine rings is 1. The van der Waals surface area contributed by atoms with Gasteiger partial charge < -0.3 is 40.4 Å². The first-order valence-electron chi connectivity index (χ1n) is 19.4. The zero-order chi connectivity index (χ0) is 39.9. The Morgan fingerprint density at radius 1 is 0.804 bits per heavy atom. The second-order valence-corrected chi connectivity index (χ2v) is 14.1. The van der Waals surface area contributed by atoms with Gasteiger partial charge in [0.25, 0.3) is 5.91 Å². The summed E-state index contributed by atoms with van der Waals surface area (Å²) in [5.41, 5.74) is 2.01. The lowest BCUT2D eigenvalue weighted by Crippen LogP contribution is -2.54. The van der Waals surface area contributed by atoms with Crippen molar-refractivity contribution in [2.45, 2.75) is 70.5 Å². The van der Waals surface area contributed by atoms with Crippen LogP contribution in [-0.4, -0.2) is 105 Å². The lowest BCUT2D eigenvalue weighted by atomic mass is 10.0. The summed E-state index contributed by atoms with van der Waals surface area (Å²) in [4.78, 5) is 71.1. The van der Waals surface area contributed by atoms with E-state index in [2.05, 4.69) is 26.2 Å². The van der Waals surface area contributed by atoms with Crippen molar-refractivity contribution in [2.24, 2.45) is 0 Å². The number of likely N-dealkylation sites (tertiary alicyclic amines) is 1. The molecule has 14 heteroatoms. The number of nitrogens with one attached hydrogen (secondary N) is 4. The van der Waals surface area contributed by atoms with E-state index in [9.17, 15) is 24.0 Å². The number of benzene rings is 3. The standard InChI is InChI=1S/C42H54N6O8/c1-29-40(51)44-26-32-15-17-33(25-36(32)55-3)56-37-24-31(16-19-35(37)54-2)41(52)43-20-8-11-23-48(39(50)28-47-21-9-5-10-22-47)27-38(49)46-34(42(53)45-29)18-14-30-12-6-4-7-13-30/h4,6-7,12-13,15-17,19,24-25,29,34H,5,8-11,14,18,20-23,26-28H2,1-3H3,(H,43,52)(H,44,51)(H,45,53)(H,46,49)/t29-,34-/m0/s1. The van der Waals surface area contributed by atoms with E-state index in [0.717, 1.165) is 37.9 Å². The van der Waals surface area contributed by atoms with Crippen LogP contribution in [0.2, 0.25) is 0 Å². The number of aryl methyl sites for hydroxylation is 1. The average Bonchev–Trinajstić information content (AvgIpc) is 3.21. The summed E-state index contributed by atoms with van der Waals surface area (Å²) >= 11 is 0. The molecule has 3 aliphatic heterocycles. The van der Waals surface area contributed by atoms with E-state index < -0.39 is 29.8 Å². The van der Waals surface area contributed by atoms with Gasteiger partial charge in [-0.25, -0.2) is 0 Å². The number of hydrogen-bond acceptors (Lipinski definition) is 9. The molecule has 3 aromatic carbocycles. The second-order valence-electron chi connectivity index (χ2n) is 14.1. The van der Waals surface area contributed by atoms with E-state index in [1.807, 2.05) is 30.3 Å². The molecule has 56 heavy (non-hydrogen) atoms. The van der Waals surface area contributed by atoms with Gasteiger partial charge in [-0.3, -0.25) is 28.9 Å². The van der Waals surface area contributed by atoms with Crippen LogP contribution in [0.5, 0.6) is 23.0 Å². The number of hydrogen-bond donors (Lipinski definition) is 4. The van der Waals surface area contributed by atoms with Gasteiger partial charge in [-0.2, -0.15) is 0 Å². The minimum absolute atomic E-state index is 0.0942. The Morgan fingerprint density at radius 3 is 2.30 bits per heavy atom. The van der Waals surface area contributed by atoms with Crippen LogP contribution < -0.4 is 35.5 Å². The Hall–Kier alpha value is -5.63. The van der Waals surface area contributed by atoms with Crippen LogP contribution in [-0.2, 0) is 32.1 Å². The molecule has 2 atom stereocenters. The Morgan fingerprint density at radius 2 is 1.55 bits per heavy atom. The normalized spacial score (nSPS) is 19.6. The maximum atomic E-state index is 13.7. The first-order valence-corrected chi connectivity index (χ1v) is 19.4. The molecule has 0 unspecified atom stereocenters. The molecule has 4 N–H and O–H groups in total. The maximum absolute atomic E-state index is 13.7. The van der Waals surface area contributed by atoms with Gasteiger partial charge in [-0.15, -0.1) is 0 Å². The van der Waals surface area contributed by atoms with Crippen molar-refractivity contribution < 1.29 is 38.2 Å². The van der Waals surface area contributed by atoms with Gasteiger partial charge in [0.2, 0.25) is 23.6 Å². The van der Waals surface area contributed by atoms with E-state index in [0.29, 0.717) is 59.9 Å². The number of fused-ring (bicyclic) bond motifs is 18. The minimum Gasteiger partial charge on any atom is -0.496 e. The first-order chi connectivity index (χ1) is 27.1. The average molecular weight is 771 g/mol. The van der Waals surface area contributed by atoms with Crippen LogP contribution >= 0.6 is 0 Å². The lowest BCUT2D eigenvalue weighted by molar-refractivity contribution is -0.138. The Kier molecular flexibility index (Phi) is 15.5. The largest absolute Gasteiger partial charge is 0.496 e. The molecule has 3 heterocycles. The Labute approximate surface area is 328 Å². The fourth-order valence-corrected chi connectivity index (χ4v) is 6.74. The smallest absolute Gasteiger partial charge is 0.251 e. The SMILES string of the molecule is COc1cc2ccc1CNC(=O)[C@H](C)NC(=O)[C@H](CCc1ccccc1)NC(=O)CN(C(=O)CN1CCCCC1)CCCCNC(=O)c1ccc(OC)c(c1)O2. The number of nitrogens with zero attached hydrogens (tertiary/aromatic N) is 2. The third kappa shape index (κ3) is 12.2. The lowest BCUT2D eigenvalue weighted by Gasteiger charge is -2.30. The highest BCUT2D eigenvalue weighted by Gasteiger charge is 2.27. The number of rotatable bonds is 7. The molecule has 1 fully saturated rings. The van der Waals surface area contributed by atoms with Crippen molar-refractivity contribution in [1.29, 1.82) is 0 Å². The zero-order valence-corrected chi connectivity index (χ0v) is 32.6. The number of amides is 5. The van der Waals surface area contributed by atoms with Crippen LogP contribution in [0.4, 0.5) is 0 Å². The van der Waals surface area contributed by atoms with Gasteiger partial charge in [-0.05, 0) is 94.4 Å². The fraction of sp³-hybridized carbons (Fsp3) is 0.452. The summed E-state index contributed by atoms with van der Waals surface area (Å²) in [6.45, 7) is 3.91. The molecule has 4 bridgehead atoms. The summed E-state index contributed by atoms with van der Waals surface area (Å²) in [6, 6.07) is 17.7. The topological polar surface area (TPSA) is 168 Å². The van der Waals surface area contributed by atoms with Crippen LogP contribution in [0.15, 0.2) is 66.7 Å². The molecule has 0 spiro atoms. The van der Waals surface area contributed by atoms with Gasteiger partial charge in [0.05, 0.1) is 27.3 Å². The number of carbonyl (C=O) groups is 5. The molecule has 0 aliphatic carbocycles. The third-order valence-corrected chi connectivity index (χ3v) is 9.97. The first kappa shape index (κ1) is 41.5. The molecule has 3 aliphatic rings. The van der Waals surface area contributed by atoms with Crippen LogP contribution in [0, 0.1) is 0 Å². The molecular formula is C42H54N6O8. The molecule has 0 aromatic heterocycles. The molecule has 5 amide bonds.